The number of aromatic nitrogens is 3. The van der Waals surface area contributed by atoms with Crippen molar-refractivity contribution in [1.82, 2.24) is 15.0 Å². The third-order valence-corrected chi connectivity index (χ3v) is 6.85. The van der Waals surface area contributed by atoms with Crippen molar-refractivity contribution < 1.29 is 18.0 Å². The molecular formula is C24H21F3N6OS2. The molecule has 0 bridgehead atoms. The summed E-state index contributed by atoms with van der Waals surface area (Å²) in [7, 11) is 0. The lowest BCUT2D eigenvalue weighted by Gasteiger charge is -2.11. The highest BCUT2D eigenvalue weighted by Gasteiger charge is 2.21. The van der Waals surface area contributed by atoms with E-state index in [4.69, 9.17) is 5.73 Å². The molecule has 0 saturated heterocycles. The third-order valence-electron chi connectivity index (χ3n) is 4.86. The number of hydrogen-bond donors (Lipinski definition) is 3. The molecule has 0 unspecified atom stereocenters. The van der Waals surface area contributed by atoms with Gasteiger partial charge in [-0.1, -0.05) is 6.07 Å². The number of benzene rings is 2. The van der Waals surface area contributed by atoms with Crippen molar-refractivity contribution in [2.24, 2.45) is 5.73 Å². The number of nitrogens with one attached hydrogen (secondary N) is 2. The Balaban J connectivity index is 1.72. The zero-order valence-electron chi connectivity index (χ0n) is 19.0. The molecule has 1 amide bonds. The van der Waals surface area contributed by atoms with Crippen LogP contribution in [0.3, 0.4) is 0 Å². The van der Waals surface area contributed by atoms with Crippen molar-refractivity contribution in [3.8, 4) is 21.8 Å². The van der Waals surface area contributed by atoms with Crippen molar-refractivity contribution in [1.29, 1.82) is 0 Å². The van der Waals surface area contributed by atoms with E-state index in [9.17, 15) is 13.6 Å². The minimum atomic E-state index is -0.629. The van der Waals surface area contributed by atoms with Gasteiger partial charge in [0.2, 0.25) is 11.9 Å². The first kappa shape index (κ1) is 25.6. The molecule has 12 heteroatoms. The summed E-state index contributed by atoms with van der Waals surface area (Å²) in [6, 6.07) is 9.40. The predicted octanol–water partition coefficient (Wildman–Crippen LogP) is 5.65. The van der Waals surface area contributed by atoms with E-state index in [1.165, 1.54) is 30.5 Å². The number of hydrogen-bond acceptors (Lipinski definition) is 8. The molecule has 2 heterocycles. The largest absolute Gasteiger partial charge is 0.330 e. The highest BCUT2D eigenvalue weighted by Crippen LogP contribution is 2.39. The smallest absolute Gasteiger partial charge is 0.229 e. The van der Waals surface area contributed by atoms with E-state index >= 15 is 4.39 Å². The van der Waals surface area contributed by atoms with Crippen LogP contribution in [0.4, 0.5) is 24.8 Å². The van der Waals surface area contributed by atoms with Crippen molar-refractivity contribution in [3.05, 3.63) is 71.1 Å². The van der Waals surface area contributed by atoms with Gasteiger partial charge in [0.25, 0.3) is 0 Å². The summed E-state index contributed by atoms with van der Waals surface area (Å²) >= 11 is 2.11. The molecular weight excluding hydrogens is 509 g/mol. The van der Waals surface area contributed by atoms with Crippen LogP contribution < -0.4 is 15.8 Å². The fourth-order valence-corrected chi connectivity index (χ4v) is 5.05. The molecule has 0 aliphatic rings. The molecule has 0 aliphatic heterocycles. The van der Waals surface area contributed by atoms with Crippen LogP contribution in [-0.4, -0.2) is 27.4 Å². The predicted molar refractivity (Wildman–Crippen MR) is 136 cm³/mol. The second kappa shape index (κ2) is 11.5. The quantitative estimate of drug-likeness (QED) is 0.240. The molecule has 0 radical (unpaired) electrons. The summed E-state index contributed by atoms with van der Waals surface area (Å²) in [6.45, 7) is 1.83. The van der Waals surface area contributed by atoms with Crippen molar-refractivity contribution in [2.45, 2.75) is 24.7 Å². The van der Waals surface area contributed by atoms with E-state index in [1.54, 1.807) is 18.2 Å². The molecule has 7 nitrogen and oxygen atoms in total. The van der Waals surface area contributed by atoms with E-state index < -0.39 is 17.5 Å². The molecule has 4 aromatic rings. The van der Waals surface area contributed by atoms with Crippen LogP contribution in [0.25, 0.3) is 21.8 Å². The summed E-state index contributed by atoms with van der Waals surface area (Å²) in [5, 5.41) is 3.29. The van der Waals surface area contributed by atoms with Crippen LogP contribution in [0.2, 0.25) is 0 Å². The Bertz CT molecular complexity index is 1400. The van der Waals surface area contributed by atoms with Crippen LogP contribution >= 0.6 is 23.3 Å². The fourth-order valence-electron chi connectivity index (χ4n) is 3.24. The molecule has 2 aromatic heterocycles. The van der Waals surface area contributed by atoms with Gasteiger partial charge in [0.1, 0.15) is 11.6 Å². The molecule has 2 aromatic carbocycles. The average Bonchev–Trinajstić information content (AvgIpc) is 3.28. The molecule has 0 aliphatic carbocycles. The molecule has 186 valence electrons. The van der Waals surface area contributed by atoms with Crippen LogP contribution in [-0.2, 0) is 11.2 Å². The van der Waals surface area contributed by atoms with E-state index in [2.05, 4.69) is 25.0 Å². The lowest BCUT2D eigenvalue weighted by atomic mass is 10.1. The number of carbonyl (C=O) groups excluding carboxylic acids is 1. The first-order chi connectivity index (χ1) is 17.4. The zero-order chi connectivity index (χ0) is 25.7. The van der Waals surface area contributed by atoms with Gasteiger partial charge in [-0.2, -0.15) is 0 Å². The molecule has 0 fully saturated rings. The fraction of sp³-hybridized carbons (Fsp3) is 0.167. The maximum atomic E-state index is 15.7. The lowest BCUT2D eigenvalue weighted by molar-refractivity contribution is -0.114. The van der Waals surface area contributed by atoms with Gasteiger partial charge in [-0.3, -0.25) is 10.1 Å². The number of halogens is 3. The van der Waals surface area contributed by atoms with Crippen molar-refractivity contribution in [3.63, 3.8) is 0 Å². The van der Waals surface area contributed by atoms with Gasteiger partial charge < -0.3 is 10.5 Å². The van der Waals surface area contributed by atoms with E-state index in [1.807, 2.05) is 0 Å². The van der Waals surface area contributed by atoms with Crippen molar-refractivity contribution in [2.75, 3.05) is 16.6 Å². The first-order valence-electron chi connectivity index (χ1n) is 10.8. The molecule has 4 N–H and O–H groups in total. The molecule has 36 heavy (non-hydrogen) atoms. The average molecular weight is 531 g/mol. The molecule has 4 rings (SSSR count). The molecule has 0 spiro atoms. The number of thiazole rings is 1. The minimum Gasteiger partial charge on any atom is -0.330 e. The third kappa shape index (κ3) is 6.01. The number of amides is 1. The van der Waals surface area contributed by atoms with Crippen molar-refractivity contribution >= 4 is 40.8 Å². The second-order valence-electron chi connectivity index (χ2n) is 7.57. The Morgan fingerprint density at radius 2 is 1.97 bits per heavy atom. The summed E-state index contributed by atoms with van der Waals surface area (Å²) in [6.07, 6.45) is 2.80. The Morgan fingerprint density at radius 1 is 1.14 bits per heavy atom. The van der Waals surface area contributed by atoms with Gasteiger partial charge in [-0.25, -0.2) is 28.1 Å². The Labute approximate surface area is 213 Å². The lowest BCUT2D eigenvalue weighted by Crippen LogP contribution is -2.09. The summed E-state index contributed by atoms with van der Waals surface area (Å²) in [5.74, 6) is -2.05. The van der Waals surface area contributed by atoms with Gasteiger partial charge in [-0.05, 0) is 61.3 Å². The van der Waals surface area contributed by atoms with Crippen LogP contribution in [0, 0.1) is 17.5 Å². The van der Waals surface area contributed by atoms with Gasteiger partial charge in [0, 0.05) is 25.1 Å². The Hall–Kier alpha value is -3.48. The number of rotatable bonds is 9. The maximum absolute atomic E-state index is 15.7. The summed E-state index contributed by atoms with van der Waals surface area (Å²) < 4.78 is 45.9. The number of nitrogens with zero attached hydrogens (tertiary/aromatic N) is 3. The van der Waals surface area contributed by atoms with E-state index in [0.717, 1.165) is 35.2 Å². The SMILES string of the molecule is CC(=O)Nc1nccc(-c2sc(CCCN)nc2-c2cccc(NSc3cc(F)ccc3F)c2F)n1. The zero-order valence-corrected chi connectivity index (χ0v) is 20.7. The summed E-state index contributed by atoms with van der Waals surface area (Å²) in [4.78, 5) is 25.1. The molecule has 0 atom stereocenters. The normalized spacial score (nSPS) is 10.9. The standard InChI is InChI=1S/C24H21F3N6OS2/c1-13(34)30-24-29-11-9-18(31-24)23-22(32-20(35-23)6-3-10-28)15-4-2-5-17(21(15)27)33-36-19-12-14(25)7-8-16(19)26/h2,4-5,7-9,11-12,33H,3,6,10,28H2,1H3,(H,29,30,31,34). The highest BCUT2D eigenvalue weighted by molar-refractivity contribution is 8.00. The Kier molecular flexibility index (Phi) is 8.18. The number of nitrogens with two attached hydrogens (primary N) is 1. The second-order valence-corrected chi connectivity index (χ2v) is 9.50. The monoisotopic (exact) mass is 530 g/mol. The van der Waals surface area contributed by atoms with Crippen LogP contribution in [0.15, 0.2) is 53.6 Å². The highest BCUT2D eigenvalue weighted by atomic mass is 32.2. The van der Waals surface area contributed by atoms with Gasteiger partial charge in [-0.15, -0.1) is 11.3 Å². The maximum Gasteiger partial charge on any atom is 0.229 e. The van der Waals surface area contributed by atoms with Gasteiger partial charge >= 0.3 is 0 Å². The van der Waals surface area contributed by atoms with Gasteiger partial charge in [0.15, 0.2) is 5.82 Å². The Morgan fingerprint density at radius 3 is 2.75 bits per heavy atom. The first-order valence-corrected chi connectivity index (χ1v) is 12.5. The van der Waals surface area contributed by atoms with E-state index in [-0.39, 0.29) is 28.0 Å². The number of anilines is 2. The van der Waals surface area contributed by atoms with Crippen LogP contribution in [0.1, 0.15) is 18.4 Å². The minimum absolute atomic E-state index is 0.00953. The topological polar surface area (TPSA) is 106 Å². The van der Waals surface area contributed by atoms with Gasteiger partial charge in [0.05, 0.1) is 31.9 Å². The van der Waals surface area contributed by atoms with E-state index in [0.29, 0.717) is 35.7 Å². The van der Waals surface area contributed by atoms with Crippen LogP contribution in [0.5, 0.6) is 0 Å². The number of aryl methyl sites for hydroxylation is 1. The summed E-state index contributed by atoms with van der Waals surface area (Å²) in [5.41, 5.74) is 6.75. The number of carbonyl (C=O) groups is 1. The molecule has 0 saturated carbocycles.